The number of ether oxygens (including phenoxy) is 2. The minimum atomic E-state index is -0.392. The number of carbonyl (C=O) groups excluding carboxylic acids is 1. The van der Waals surface area contributed by atoms with Crippen LogP contribution >= 0.6 is 15.9 Å². The van der Waals surface area contributed by atoms with Crippen molar-refractivity contribution in [1.29, 1.82) is 0 Å². The molecule has 4 nitrogen and oxygen atoms in total. The highest BCUT2D eigenvalue weighted by molar-refractivity contribution is 9.10. The summed E-state index contributed by atoms with van der Waals surface area (Å²) in [5.41, 5.74) is 2.24. The Balaban J connectivity index is 1.63. The maximum absolute atomic E-state index is 12.1. The van der Waals surface area contributed by atoms with Gasteiger partial charge < -0.3 is 9.47 Å². The van der Waals surface area contributed by atoms with E-state index in [4.69, 9.17) is 9.47 Å². The van der Waals surface area contributed by atoms with E-state index in [1.807, 2.05) is 36.4 Å². The molecule has 0 fully saturated rings. The van der Waals surface area contributed by atoms with Crippen molar-refractivity contribution >= 4 is 33.8 Å². The Morgan fingerprint density at radius 2 is 1.50 bits per heavy atom. The van der Waals surface area contributed by atoms with Crippen LogP contribution in [0.15, 0.2) is 82.3 Å². The third kappa shape index (κ3) is 4.80. The van der Waals surface area contributed by atoms with E-state index in [1.165, 1.54) is 0 Å². The Bertz CT molecular complexity index is 901. The molecule has 0 amide bonds. The van der Waals surface area contributed by atoms with Crippen molar-refractivity contribution in [1.82, 2.24) is 0 Å². The van der Waals surface area contributed by atoms with Crippen LogP contribution in [0.25, 0.3) is 0 Å². The SMILES string of the molecule is COc1ccc(N=Cc2ccc(OC(=O)c3ccc(Br)cc3)cc2)cc1. The van der Waals surface area contributed by atoms with Gasteiger partial charge in [0, 0.05) is 10.7 Å². The fourth-order valence-electron chi connectivity index (χ4n) is 2.19. The van der Waals surface area contributed by atoms with Gasteiger partial charge >= 0.3 is 5.97 Å². The van der Waals surface area contributed by atoms with Crippen LogP contribution in [0.5, 0.6) is 11.5 Å². The van der Waals surface area contributed by atoms with Crippen molar-refractivity contribution < 1.29 is 14.3 Å². The summed E-state index contributed by atoms with van der Waals surface area (Å²) >= 11 is 3.34. The lowest BCUT2D eigenvalue weighted by Gasteiger charge is -2.05. The van der Waals surface area contributed by atoms with E-state index in [1.54, 1.807) is 49.7 Å². The van der Waals surface area contributed by atoms with Crippen LogP contribution in [-0.2, 0) is 0 Å². The number of carbonyl (C=O) groups is 1. The van der Waals surface area contributed by atoms with Gasteiger partial charge in [0.25, 0.3) is 0 Å². The van der Waals surface area contributed by atoms with Gasteiger partial charge in [-0.2, -0.15) is 0 Å². The second-order valence-corrected chi connectivity index (χ2v) is 6.34. The van der Waals surface area contributed by atoms with E-state index in [0.717, 1.165) is 21.5 Å². The molecule has 0 spiro atoms. The molecule has 0 aromatic heterocycles. The molecule has 0 N–H and O–H groups in total. The molecular weight excluding hydrogens is 394 g/mol. The van der Waals surface area contributed by atoms with Gasteiger partial charge in [0.1, 0.15) is 11.5 Å². The van der Waals surface area contributed by atoms with Crippen LogP contribution in [-0.4, -0.2) is 19.3 Å². The first-order valence-electron chi connectivity index (χ1n) is 7.90. The van der Waals surface area contributed by atoms with Crippen molar-refractivity contribution in [3.8, 4) is 11.5 Å². The first-order chi connectivity index (χ1) is 12.6. The molecule has 0 atom stereocenters. The fourth-order valence-corrected chi connectivity index (χ4v) is 2.46. The molecule has 0 heterocycles. The topological polar surface area (TPSA) is 47.9 Å². The molecule has 0 aliphatic carbocycles. The maximum atomic E-state index is 12.1. The van der Waals surface area contributed by atoms with Crippen LogP contribution in [0.1, 0.15) is 15.9 Å². The van der Waals surface area contributed by atoms with E-state index in [0.29, 0.717) is 11.3 Å². The number of benzene rings is 3. The van der Waals surface area contributed by atoms with Gasteiger partial charge in [-0.15, -0.1) is 0 Å². The van der Waals surface area contributed by atoms with Crippen molar-refractivity contribution in [2.45, 2.75) is 0 Å². The molecule has 3 aromatic rings. The number of hydrogen-bond donors (Lipinski definition) is 0. The predicted octanol–water partition coefficient (Wildman–Crippen LogP) is 5.43. The zero-order chi connectivity index (χ0) is 18.4. The lowest BCUT2D eigenvalue weighted by atomic mass is 10.2. The Labute approximate surface area is 160 Å². The average molecular weight is 410 g/mol. The minimum Gasteiger partial charge on any atom is -0.497 e. The number of aliphatic imine (C=N–C) groups is 1. The average Bonchev–Trinajstić information content (AvgIpc) is 2.68. The fraction of sp³-hybridized carbons (Fsp3) is 0.0476. The van der Waals surface area contributed by atoms with Crippen molar-refractivity contribution in [3.05, 3.63) is 88.4 Å². The first kappa shape index (κ1) is 17.9. The molecule has 0 aliphatic rings. The summed E-state index contributed by atoms with van der Waals surface area (Å²) in [6, 6.07) is 21.7. The van der Waals surface area contributed by atoms with Crippen molar-refractivity contribution in [2.24, 2.45) is 4.99 Å². The van der Waals surface area contributed by atoms with E-state index in [2.05, 4.69) is 20.9 Å². The molecule has 3 rings (SSSR count). The van der Waals surface area contributed by atoms with E-state index in [9.17, 15) is 4.79 Å². The number of nitrogens with zero attached hydrogens (tertiary/aromatic N) is 1. The van der Waals surface area contributed by atoms with Crippen molar-refractivity contribution in [3.63, 3.8) is 0 Å². The Hall–Kier alpha value is -2.92. The van der Waals surface area contributed by atoms with Gasteiger partial charge in [-0.25, -0.2) is 4.79 Å². The molecule has 26 heavy (non-hydrogen) atoms. The highest BCUT2D eigenvalue weighted by Gasteiger charge is 2.08. The molecule has 0 bridgehead atoms. The summed E-state index contributed by atoms with van der Waals surface area (Å²) in [7, 11) is 1.63. The smallest absolute Gasteiger partial charge is 0.343 e. The van der Waals surface area contributed by atoms with E-state index in [-0.39, 0.29) is 0 Å². The number of esters is 1. The molecule has 130 valence electrons. The number of rotatable bonds is 5. The van der Waals surface area contributed by atoms with Crippen LogP contribution in [0.2, 0.25) is 0 Å². The predicted molar refractivity (Wildman–Crippen MR) is 106 cm³/mol. The largest absolute Gasteiger partial charge is 0.497 e. The summed E-state index contributed by atoms with van der Waals surface area (Å²) in [4.78, 5) is 16.5. The van der Waals surface area contributed by atoms with Crippen molar-refractivity contribution in [2.75, 3.05) is 7.11 Å². The Morgan fingerprint density at radius 3 is 2.12 bits per heavy atom. The second kappa shape index (κ2) is 8.45. The van der Waals surface area contributed by atoms with Crippen LogP contribution in [0.3, 0.4) is 0 Å². The second-order valence-electron chi connectivity index (χ2n) is 5.42. The summed E-state index contributed by atoms with van der Waals surface area (Å²) < 4.78 is 11.4. The molecule has 0 unspecified atom stereocenters. The molecule has 3 aromatic carbocycles. The summed E-state index contributed by atoms with van der Waals surface area (Å²) in [6.45, 7) is 0. The summed E-state index contributed by atoms with van der Waals surface area (Å²) in [6.07, 6.45) is 1.75. The van der Waals surface area contributed by atoms with Gasteiger partial charge in [0.2, 0.25) is 0 Å². The number of methoxy groups -OCH3 is 1. The van der Waals surface area contributed by atoms with Crippen LogP contribution in [0.4, 0.5) is 5.69 Å². The zero-order valence-corrected chi connectivity index (χ0v) is 15.6. The number of halogens is 1. The number of hydrogen-bond acceptors (Lipinski definition) is 4. The molecular formula is C21H16BrNO3. The highest BCUT2D eigenvalue weighted by Crippen LogP contribution is 2.19. The van der Waals surface area contributed by atoms with Crippen LogP contribution < -0.4 is 9.47 Å². The molecule has 0 saturated heterocycles. The Morgan fingerprint density at radius 1 is 0.885 bits per heavy atom. The summed E-state index contributed by atoms with van der Waals surface area (Å²) in [5, 5.41) is 0. The zero-order valence-electron chi connectivity index (χ0n) is 14.1. The normalized spacial score (nSPS) is 10.7. The quantitative estimate of drug-likeness (QED) is 0.320. The van der Waals surface area contributed by atoms with E-state index >= 15 is 0 Å². The lowest BCUT2D eigenvalue weighted by molar-refractivity contribution is 0.0735. The summed E-state index contributed by atoms with van der Waals surface area (Å²) in [5.74, 6) is 0.887. The molecule has 0 aliphatic heterocycles. The highest BCUT2D eigenvalue weighted by atomic mass is 79.9. The standard InChI is InChI=1S/C21H16BrNO3/c1-25-19-12-8-18(9-13-19)23-14-15-2-10-20(11-3-15)26-21(24)16-4-6-17(22)7-5-16/h2-14H,1H3. The van der Waals surface area contributed by atoms with Gasteiger partial charge in [-0.05, 0) is 78.4 Å². The maximum Gasteiger partial charge on any atom is 0.343 e. The third-order valence-corrected chi connectivity index (χ3v) is 4.13. The monoisotopic (exact) mass is 409 g/mol. The van der Waals surface area contributed by atoms with Gasteiger partial charge in [-0.1, -0.05) is 15.9 Å². The van der Waals surface area contributed by atoms with Gasteiger partial charge in [0.15, 0.2) is 0 Å². The first-order valence-corrected chi connectivity index (χ1v) is 8.69. The van der Waals surface area contributed by atoms with Crippen LogP contribution in [0, 0.1) is 0 Å². The van der Waals surface area contributed by atoms with E-state index < -0.39 is 5.97 Å². The van der Waals surface area contributed by atoms with Gasteiger partial charge in [-0.3, -0.25) is 4.99 Å². The molecule has 5 heteroatoms. The minimum absolute atomic E-state index is 0.392. The van der Waals surface area contributed by atoms with Gasteiger partial charge in [0.05, 0.1) is 18.4 Å². The Kier molecular flexibility index (Phi) is 5.81. The third-order valence-electron chi connectivity index (χ3n) is 3.61. The molecule has 0 saturated carbocycles. The lowest BCUT2D eigenvalue weighted by Crippen LogP contribution is -2.08. The molecule has 0 radical (unpaired) electrons.